The molecule has 0 fully saturated rings. The molecule has 0 bridgehead atoms. The van der Waals surface area contributed by atoms with Gasteiger partial charge in [-0.05, 0) is 39.8 Å². The van der Waals surface area contributed by atoms with E-state index in [0.717, 1.165) is 18.5 Å². The lowest BCUT2D eigenvalue weighted by Crippen LogP contribution is -2.36. The highest BCUT2D eigenvalue weighted by molar-refractivity contribution is 6.30. The molecular formula is C13H20ClN3. The lowest BCUT2D eigenvalue weighted by Gasteiger charge is -2.19. The monoisotopic (exact) mass is 253 g/mol. The van der Waals surface area contributed by atoms with Crippen LogP contribution in [0.1, 0.15) is 32.8 Å². The Morgan fingerprint density at radius 1 is 1.47 bits per heavy atom. The number of nitrogens with zero attached hydrogens (tertiary/aromatic N) is 1. The summed E-state index contributed by atoms with van der Waals surface area (Å²) in [5.41, 5.74) is 6.76. The Kier molecular flexibility index (Phi) is 4.97. The van der Waals surface area contributed by atoms with Crippen LogP contribution in [0.15, 0.2) is 18.3 Å². The molecule has 1 heterocycles. The molecule has 94 valence electrons. The van der Waals surface area contributed by atoms with Crippen LogP contribution in [-0.4, -0.2) is 17.1 Å². The molecule has 1 aromatic heterocycles. The maximum Gasteiger partial charge on any atom is 0.130 e. The first kappa shape index (κ1) is 14.0. The van der Waals surface area contributed by atoms with Crippen molar-refractivity contribution in [2.24, 2.45) is 0 Å². The predicted octanol–water partition coefficient (Wildman–Crippen LogP) is 3.11. The first-order valence-corrected chi connectivity index (χ1v) is 6.09. The van der Waals surface area contributed by atoms with Crippen molar-refractivity contribution in [2.45, 2.75) is 32.7 Å². The number of nitrogen functional groups attached to an aromatic ring is 1. The molecule has 0 aliphatic heterocycles. The average Bonchev–Trinajstić information content (AvgIpc) is 2.21. The van der Waals surface area contributed by atoms with Crippen molar-refractivity contribution in [3.63, 3.8) is 0 Å². The minimum absolute atomic E-state index is 0.157. The molecule has 0 aliphatic rings. The Bertz CT molecular complexity index is 394. The molecule has 0 spiro atoms. The Morgan fingerprint density at radius 2 is 2.18 bits per heavy atom. The Labute approximate surface area is 108 Å². The van der Waals surface area contributed by atoms with Gasteiger partial charge >= 0.3 is 0 Å². The molecule has 1 rings (SSSR count). The van der Waals surface area contributed by atoms with E-state index in [1.165, 1.54) is 0 Å². The molecule has 1 aromatic rings. The van der Waals surface area contributed by atoms with Gasteiger partial charge in [0, 0.05) is 17.3 Å². The molecule has 3 nitrogen and oxygen atoms in total. The van der Waals surface area contributed by atoms with Gasteiger partial charge in [-0.2, -0.15) is 0 Å². The summed E-state index contributed by atoms with van der Waals surface area (Å²) in [6, 6.07) is 1.82. The van der Waals surface area contributed by atoms with Gasteiger partial charge in [-0.15, -0.1) is 0 Å². The summed E-state index contributed by atoms with van der Waals surface area (Å²) in [7, 11) is 0. The van der Waals surface area contributed by atoms with Crippen LogP contribution in [-0.2, 0) is 0 Å². The fourth-order valence-corrected chi connectivity index (χ4v) is 1.51. The molecule has 0 saturated carbocycles. The number of halogens is 1. The van der Waals surface area contributed by atoms with Gasteiger partial charge in [-0.3, -0.25) is 0 Å². The predicted molar refractivity (Wildman–Crippen MR) is 75.1 cm³/mol. The van der Waals surface area contributed by atoms with Gasteiger partial charge in [0.25, 0.3) is 0 Å². The molecule has 17 heavy (non-hydrogen) atoms. The smallest absolute Gasteiger partial charge is 0.130 e. The van der Waals surface area contributed by atoms with E-state index in [1.807, 2.05) is 12.1 Å². The molecular weight excluding hydrogens is 234 g/mol. The Hall–Kier alpha value is -1.06. The first-order valence-electron chi connectivity index (χ1n) is 5.71. The van der Waals surface area contributed by atoms with Gasteiger partial charge in [-0.1, -0.05) is 23.8 Å². The van der Waals surface area contributed by atoms with Crippen molar-refractivity contribution >= 4 is 23.5 Å². The van der Waals surface area contributed by atoms with Crippen LogP contribution in [0.5, 0.6) is 0 Å². The second-order valence-electron chi connectivity index (χ2n) is 5.00. The zero-order valence-electron chi connectivity index (χ0n) is 10.6. The molecule has 0 radical (unpaired) electrons. The van der Waals surface area contributed by atoms with Crippen molar-refractivity contribution in [2.75, 3.05) is 12.3 Å². The number of nitrogens with one attached hydrogen (secondary N) is 1. The number of anilines is 1. The van der Waals surface area contributed by atoms with E-state index >= 15 is 0 Å². The summed E-state index contributed by atoms with van der Waals surface area (Å²) in [4.78, 5) is 4.00. The van der Waals surface area contributed by atoms with E-state index in [9.17, 15) is 0 Å². The molecule has 0 aliphatic carbocycles. The zero-order valence-corrected chi connectivity index (χ0v) is 11.4. The maximum atomic E-state index is 5.85. The van der Waals surface area contributed by atoms with Crippen molar-refractivity contribution in [1.29, 1.82) is 0 Å². The van der Waals surface area contributed by atoms with Crippen LogP contribution in [0, 0.1) is 0 Å². The Morgan fingerprint density at radius 3 is 2.82 bits per heavy atom. The van der Waals surface area contributed by atoms with E-state index < -0.39 is 0 Å². The van der Waals surface area contributed by atoms with Gasteiger partial charge in [0.1, 0.15) is 5.82 Å². The van der Waals surface area contributed by atoms with Crippen LogP contribution >= 0.6 is 11.6 Å². The second kappa shape index (κ2) is 6.03. The minimum Gasteiger partial charge on any atom is -0.383 e. The van der Waals surface area contributed by atoms with Crippen LogP contribution in [0.25, 0.3) is 6.08 Å². The normalized spacial score (nSPS) is 12.2. The number of nitrogens with two attached hydrogens (primary N) is 1. The van der Waals surface area contributed by atoms with Crippen LogP contribution in [0.2, 0.25) is 5.02 Å². The second-order valence-corrected chi connectivity index (χ2v) is 5.43. The average molecular weight is 254 g/mol. The summed E-state index contributed by atoms with van der Waals surface area (Å²) in [5.74, 6) is 0.509. The summed E-state index contributed by atoms with van der Waals surface area (Å²) in [6.45, 7) is 7.38. The van der Waals surface area contributed by atoms with E-state index in [-0.39, 0.29) is 5.54 Å². The number of hydrogen-bond acceptors (Lipinski definition) is 3. The summed E-state index contributed by atoms with van der Waals surface area (Å²) in [5, 5.41) is 4.01. The Balaban J connectivity index is 2.46. The summed E-state index contributed by atoms with van der Waals surface area (Å²) in [6.07, 6.45) is 6.53. The van der Waals surface area contributed by atoms with Gasteiger partial charge in [0.05, 0.1) is 5.02 Å². The van der Waals surface area contributed by atoms with Gasteiger partial charge in [0.2, 0.25) is 0 Å². The lowest BCUT2D eigenvalue weighted by atomic mass is 10.1. The highest BCUT2D eigenvalue weighted by Gasteiger charge is 2.06. The molecule has 3 N–H and O–H groups in total. The maximum absolute atomic E-state index is 5.85. The van der Waals surface area contributed by atoms with Crippen molar-refractivity contribution < 1.29 is 0 Å². The van der Waals surface area contributed by atoms with Crippen LogP contribution < -0.4 is 11.1 Å². The van der Waals surface area contributed by atoms with E-state index in [1.54, 1.807) is 6.20 Å². The molecule has 0 unspecified atom stereocenters. The third-order valence-electron chi connectivity index (χ3n) is 2.18. The number of rotatable bonds is 4. The minimum atomic E-state index is 0.157. The molecule has 0 amide bonds. The number of aromatic nitrogens is 1. The summed E-state index contributed by atoms with van der Waals surface area (Å²) >= 11 is 5.85. The van der Waals surface area contributed by atoms with Crippen molar-refractivity contribution in [1.82, 2.24) is 10.3 Å². The van der Waals surface area contributed by atoms with E-state index in [4.69, 9.17) is 17.3 Å². The van der Waals surface area contributed by atoms with Gasteiger partial charge in [-0.25, -0.2) is 4.98 Å². The fourth-order valence-electron chi connectivity index (χ4n) is 1.34. The van der Waals surface area contributed by atoms with Gasteiger partial charge < -0.3 is 11.1 Å². The quantitative estimate of drug-likeness (QED) is 0.811. The molecule has 0 saturated heterocycles. The largest absolute Gasteiger partial charge is 0.383 e. The third kappa shape index (κ3) is 5.71. The third-order valence-corrected chi connectivity index (χ3v) is 2.39. The van der Waals surface area contributed by atoms with Crippen molar-refractivity contribution in [3.8, 4) is 0 Å². The standard InChI is InChI=1S/C13H20ClN3/c1-13(2,3)17-7-5-4-6-10-8-11(14)9-16-12(10)15/h4,6,8-9,17H,5,7H2,1-3H3,(H2,15,16). The fraction of sp³-hybridized carbons (Fsp3) is 0.462. The highest BCUT2D eigenvalue weighted by Crippen LogP contribution is 2.16. The molecule has 0 aromatic carbocycles. The zero-order chi connectivity index (χ0) is 12.9. The van der Waals surface area contributed by atoms with Crippen LogP contribution in [0.3, 0.4) is 0 Å². The highest BCUT2D eigenvalue weighted by atomic mass is 35.5. The van der Waals surface area contributed by atoms with Crippen LogP contribution in [0.4, 0.5) is 5.82 Å². The van der Waals surface area contributed by atoms with E-state index in [2.05, 4.69) is 37.1 Å². The van der Waals surface area contributed by atoms with E-state index in [0.29, 0.717) is 10.8 Å². The SMILES string of the molecule is CC(C)(C)NCCC=Cc1cc(Cl)cnc1N. The lowest BCUT2D eigenvalue weighted by molar-refractivity contribution is 0.431. The first-order chi connectivity index (χ1) is 7.88. The summed E-state index contributed by atoms with van der Waals surface area (Å²) < 4.78 is 0. The number of hydrogen-bond donors (Lipinski definition) is 2. The van der Waals surface area contributed by atoms with Crippen molar-refractivity contribution in [3.05, 3.63) is 28.9 Å². The number of pyridine rings is 1. The molecule has 4 heteroatoms. The molecule has 0 atom stereocenters. The topological polar surface area (TPSA) is 50.9 Å². The van der Waals surface area contributed by atoms with Gasteiger partial charge in [0.15, 0.2) is 0 Å².